The van der Waals surface area contributed by atoms with E-state index < -0.39 is 11.7 Å². The molecule has 0 amide bonds. The van der Waals surface area contributed by atoms with Gasteiger partial charge >= 0.3 is 12.1 Å². The summed E-state index contributed by atoms with van der Waals surface area (Å²) in [5, 5.41) is 0.951. The second-order valence-electron chi connectivity index (χ2n) is 10.8. The lowest BCUT2D eigenvalue weighted by atomic mass is 9.86. The number of fused-ring (bicyclic) bond motifs is 1. The average molecular weight is 517 g/mol. The van der Waals surface area contributed by atoms with Crippen molar-refractivity contribution in [2.45, 2.75) is 58.7 Å². The summed E-state index contributed by atoms with van der Waals surface area (Å²) in [5.41, 5.74) is 3.74. The van der Waals surface area contributed by atoms with E-state index in [4.69, 9.17) is 20.6 Å². The Bertz CT molecular complexity index is 1370. The molecule has 3 aromatic rings. The summed E-state index contributed by atoms with van der Waals surface area (Å²) >= 11 is 0. The van der Waals surface area contributed by atoms with Gasteiger partial charge in [-0.25, -0.2) is 9.59 Å². The molecule has 38 heavy (non-hydrogen) atoms. The molecular formula is C31H36N2O5. The molecule has 0 N–H and O–H groups in total. The van der Waals surface area contributed by atoms with Gasteiger partial charge in [0.25, 0.3) is 0 Å². The summed E-state index contributed by atoms with van der Waals surface area (Å²) in [6, 6.07) is 11.5. The zero-order chi connectivity index (χ0) is 27.6. The van der Waals surface area contributed by atoms with Gasteiger partial charge < -0.3 is 14.2 Å². The number of ether oxygens (including phenoxy) is 3. The molecule has 0 spiro atoms. The van der Waals surface area contributed by atoms with Crippen molar-refractivity contribution in [1.82, 2.24) is 9.47 Å². The van der Waals surface area contributed by atoms with Gasteiger partial charge in [-0.3, -0.25) is 9.47 Å². The van der Waals surface area contributed by atoms with Gasteiger partial charge in [-0.15, -0.1) is 12.3 Å². The predicted octanol–water partition coefficient (Wildman–Crippen LogP) is 6.11. The van der Waals surface area contributed by atoms with Gasteiger partial charge in [0.2, 0.25) is 0 Å². The smallest absolute Gasteiger partial charge is 0.419 e. The molecule has 1 saturated heterocycles. The van der Waals surface area contributed by atoms with Crippen molar-refractivity contribution in [3.05, 3.63) is 64.8 Å². The molecule has 0 radical (unpaired) electrons. The van der Waals surface area contributed by atoms with E-state index in [2.05, 4.69) is 10.8 Å². The fourth-order valence-electron chi connectivity index (χ4n) is 5.24. The summed E-state index contributed by atoms with van der Waals surface area (Å²) in [6.45, 7) is 8.96. The highest BCUT2D eigenvalue weighted by Crippen LogP contribution is 2.39. The number of esters is 1. The Balaban J connectivity index is 1.73. The van der Waals surface area contributed by atoms with Crippen molar-refractivity contribution in [1.29, 1.82) is 0 Å². The molecule has 0 aliphatic carbocycles. The van der Waals surface area contributed by atoms with Gasteiger partial charge in [0.05, 0.1) is 25.3 Å². The van der Waals surface area contributed by atoms with Crippen LogP contribution in [0.4, 0.5) is 4.79 Å². The molecule has 4 rings (SSSR count). The van der Waals surface area contributed by atoms with Crippen LogP contribution < -0.4 is 4.74 Å². The first-order valence-electron chi connectivity index (χ1n) is 12.9. The molecule has 2 aromatic carbocycles. The fraction of sp³-hybridized carbons (Fsp3) is 0.419. The van der Waals surface area contributed by atoms with Crippen molar-refractivity contribution < 1.29 is 23.8 Å². The van der Waals surface area contributed by atoms with Crippen molar-refractivity contribution >= 4 is 23.0 Å². The first-order valence-corrected chi connectivity index (χ1v) is 12.9. The van der Waals surface area contributed by atoms with Crippen LogP contribution in [0.2, 0.25) is 0 Å². The third-order valence-electron chi connectivity index (χ3n) is 7.07. The van der Waals surface area contributed by atoms with E-state index in [-0.39, 0.29) is 17.9 Å². The number of hydrogen-bond donors (Lipinski definition) is 0. The van der Waals surface area contributed by atoms with Crippen LogP contribution >= 0.6 is 0 Å². The molecule has 1 aromatic heterocycles. The van der Waals surface area contributed by atoms with Crippen molar-refractivity contribution in [3.8, 4) is 18.1 Å². The third kappa shape index (κ3) is 5.56. The predicted molar refractivity (Wildman–Crippen MR) is 147 cm³/mol. The van der Waals surface area contributed by atoms with Crippen LogP contribution in [0.15, 0.2) is 42.6 Å². The zero-order valence-corrected chi connectivity index (χ0v) is 23.0. The Labute approximate surface area is 224 Å². The SMILES string of the molecule is C#C[C@@H]1CCN(Cc2c(OC)cc(C)c3c2ccn3C(=O)OC(C)(C)C)[C@H](c2ccc(C(=O)OC)cc2)C1. The van der Waals surface area contributed by atoms with Crippen LogP contribution in [0.25, 0.3) is 10.9 Å². The topological polar surface area (TPSA) is 70.0 Å². The lowest BCUT2D eigenvalue weighted by Crippen LogP contribution is -2.36. The van der Waals surface area contributed by atoms with Gasteiger partial charge in [0.1, 0.15) is 11.4 Å². The lowest BCUT2D eigenvalue weighted by Gasteiger charge is -2.39. The number of piperidine rings is 1. The van der Waals surface area contributed by atoms with Crippen molar-refractivity contribution in [2.24, 2.45) is 5.92 Å². The number of carbonyl (C=O) groups excluding carboxylic acids is 2. The van der Waals surface area contributed by atoms with Crippen molar-refractivity contribution in [3.63, 3.8) is 0 Å². The summed E-state index contributed by atoms with van der Waals surface area (Å²) in [5.74, 6) is 3.52. The number of aromatic nitrogens is 1. The van der Waals surface area contributed by atoms with E-state index in [1.807, 2.05) is 52.0 Å². The minimum Gasteiger partial charge on any atom is -0.496 e. The number of rotatable bonds is 5. The van der Waals surface area contributed by atoms with Gasteiger partial charge in [-0.1, -0.05) is 12.1 Å². The molecule has 0 saturated carbocycles. The Morgan fingerprint density at radius 3 is 2.45 bits per heavy atom. The number of benzene rings is 2. The maximum atomic E-state index is 13.0. The molecule has 200 valence electrons. The van der Waals surface area contributed by atoms with E-state index in [9.17, 15) is 9.59 Å². The standard InChI is InChI=1S/C31H36N2O5/c1-8-21-13-15-32(26(18-21)22-9-11-23(12-10-22)29(34)37-7)19-25-24-14-16-33(30(35)38-31(3,4)5)28(24)20(2)17-27(25)36-6/h1,9-12,14,16-17,21,26H,13,15,18-19H2,2-7H3/t21-,26+/m1/s1. The van der Waals surface area contributed by atoms with Crippen LogP contribution in [0, 0.1) is 25.2 Å². The lowest BCUT2D eigenvalue weighted by molar-refractivity contribution is 0.0542. The Morgan fingerprint density at radius 1 is 1.13 bits per heavy atom. The maximum absolute atomic E-state index is 13.0. The van der Waals surface area contributed by atoms with Gasteiger partial charge in [-0.05, 0) is 75.9 Å². The first kappa shape index (κ1) is 27.3. The van der Waals surface area contributed by atoms with Crippen molar-refractivity contribution in [2.75, 3.05) is 20.8 Å². The average Bonchev–Trinajstić information content (AvgIpc) is 3.35. The van der Waals surface area contributed by atoms with Crippen LogP contribution in [0.1, 0.15) is 66.7 Å². The van der Waals surface area contributed by atoms with E-state index in [1.165, 1.54) is 7.11 Å². The van der Waals surface area contributed by atoms with E-state index in [0.29, 0.717) is 12.1 Å². The van der Waals surface area contributed by atoms with Crippen LogP contribution in [0.5, 0.6) is 5.75 Å². The number of nitrogens with zero attached hydrogens (tertiary/aromatic N) is 2. The minimum absolute atomic E-state index is 0.0606. The molecule has 0 unspecified atom stereocenters. The second-order valence-corrected chi connectivity index (χ2v) is 10.8. The number of likely N-dealkylation sites (tertiary alicyclic amines) is 1. The van der Waals surface area contributed by atoms with Gasteiger partial charge in [-0.2, -0.15) is 0 Å². The molecule has 2 heterocycles. The minimum atomic E-state index is -0.602. The molecule has 2 atom stereocenters. The monoisotopic (exact) mass is 516 g/mol. The molecule has 1 aliphatic heterocycles. The van der Waals surface area contributed by atoms with Gasteiger partial charge in [0.15, 0.2) is 0 Å². The molecule has 0 bridgehead atoms. The largest absolute Gasteiger partial charge is 0.496 e. The maximum Gasteiger partial charge on any atom is 0.419 e. The summed E-state index contributed by atoms with van der Waals surface area (Å²) in [6.07, 6.45) is 8.90. The van der Waals surface area contributed by atoms with Crippen LogP contribution in [-0.4, -0.2) is 47.9 Å². The summed E-state index contributed by atoms with van der Waals surface area (Å²) in [7, 11) is 3.05. The normalized spacial score (nSPS) is 18.1. The number of methoxy groups -OCH3 is 2. The van der Waals surface area contributed by atoms with E-state index in [0.717, 1.165) is 52.7 Å². The van der Waals surface area contributed by atoms with Crippen LogP contribution in [-0.2, 0) is 16.0 Å². The fourth-order valence-corrected chi connectivity index (χ4v) is 5.24. The third-order valence-corrected chi connectivity index (χ3v) is 7.07. The zero-order valence-electron chi connectivity index (χ0n) is 23.0. The molecule has 7 heteroatoms. The van der Waals surface area contributed by atoms with Crippen LogP contribution in [0.3, 0.4) is 0 Å². The number of terminal acetylenes is 1. The molecule has 7 nitrogen and oxygen atoms in total. The molecular weight excluding hydrogens is 480 g/mol. The Kier molecular flexibility index (Phi) is 7.84. The highest BCUT2D eigenvalue weighted by molar-refractivity contribution is 5.95. The summed E-state index contributed by atoms with van der Waals surface area (Å²) < 4.78 is 17.9. The molecule has 1 fully saturated rings. The molecule has 1 aliphatic rings. The number of hydrogen-bond acceptors (Lipinski definition) is 6. The Morgan fingerprint density at radius 2 is 1.84 bits per heavy atom. The highest BCUT2D eigenvalue weighted by atomic mass is 16.6. The quantitative estimate of drug-likeness (QED) is 0.301. The van der Waals surface area contributed by atoms with Gasteiger partial charge in [0, 0.05) is 42.2 Å². The van der Waals surface area contributed by atoms with E-state index in [1.54, 1.807) is 30.0 Å². The van der Waals surface area contributed by atoms with E-state index >= 15 is 0 Å². The number of carbonyl (C=O) groups is 2. The summed E-state index contributed by atoms with van der Waals surface area (Å²) in [4.78, 5) is 27.3. The Hall–Kier alpha value is -3.76. The second kappa shape index (κ2) is 10.9. The highest BCUT2D eigenvalue weighted by Gasteiger charge is 2.31. The first-order chi connectivity index (χ1) is 18.1. The number of aryl methyl sites for hydroxylation is 1.